The average Bonchev–Trinajstić information content (AvgIpc) is 2.44. The van der Waals surface area contributed by atoms with Crippen LogP contribution in [0, 0.1) is 5.82 Å². The molecule has 0 heterocycles. The molecular formula is C16H17BrFNO. The summed E-state index contributed by atoms with van der Waals surface area (Å²) in [5.74, 6) is -0.0619. The van der Waals surface area contributed by atoms with E-state index in [9.17, 15) is 4.39 Å². The molecule has 1 unspecified atom stereocenters. The first kappa shape index (κ1) is 15.0. The molecule has 4 heteroatoms. The summed E-state index contributed by atoms with van der Waals surface area (Å²) in [6.45, 7) is 0. The van der Waals surface area contributed by atoms with E-state index >= 15 is 0 Å². The van der Waals surface area contributed by atoms with Crippen molar-refractivity contribution < 1.29 is 9.13 Å². The Kier molecular flexibility index (Phi) is 5.15. The molecule has 20 heavy (non-hydrogen) atoms. The monoisotopic (exact) mass is 337 g/mol. The number of rotatable bonds is 5. The molecule has 0 saturated carbocycles. The minimum Gasteiger partial charge on any atom is -0.494 e. The van der Waals surface area contributed by atoms with Crippen LogP contribution in [0.5, 0.6) is 5.75 Å². The van der Waals surface area contributed by atoms with Crippen LogP contribution in [0.4, 0.5) is 4.39 Å². The van der Waals surface area contributed by atoms with Crippen LogP contribution >= 0.6 is 15.9 Å². The van der Waals surface area contributed by atoms with Crippen molar-refractivity contribution in [2.24, 2.45) is 5.73 Å². The first-order valence-electron chi connectivity index (χ1n) is 6.42. The van der Waals surface area contributed by atoms with E-state index in [1.165, 1.54) is 7.11 Å². The molecule has 0 saturated heterocycles. The summed E-state index contributed by atoms with van der Waals surface area (Å²) in [4.78, 5) is 0. The van der Waals surface area contributed by atoms with Gasteiger partial charge in [-0.05, 0) is 36.1 Å². The van der Waals surface area contributed by atoms with Gasteiger partial charge in [0, 0.05) is 10.5 Å². The third-order valence-electron chi connectivity index (χ3n) is 3.19. The maximum atomic E-state index is 14.1. The smallest absolute Gasteiger partial charge is 0.168 e. The average molecular weight is 338 g/mol. The Morgan fingerprint density at radius 3 is 2.45 bits per heavy atom. The van der Waals surface area contributed by atoms with Crippen molar-refractivity contribution >= 4 is 15.9 Å². The molecular weight excluding hydrogens is 321 g/mol. The van der Waals surface area contributed by atoms with E-state index in [1.54, 1.807) is 18.2 Å². The van der Waals surface area contributed by atoms with E-state index in [0.29, 0.717) is 18.4 Å². The summed E-state index contributed by atoms with van der Waals surface area (Å²) in [7, 11) is 1.46. The summed E-state index contributed by atoms with van der Waals surface area (Å²) in [6, 6.07) is 12.9. The molecule has 0 aliphatic carbocycles. The fraction of sp³-hybridized carbons (Fsp3) is 0.250. The van der Waals surface area contributed by atoms with E-state index in [-0.39, 0.29) is 17.6 Å². The van der Waals surface area contributed by atoms with E-state index in [0.717, 1.165) is 10.0 Å². The Morgan fingerprint density at radius 1 is 1.10 bits per heavy atom. The summed E-state index contributed by atoms with van der Waals surface area (Å²) in [6.07, 6.45) is 1.17. The Balaban J connectivity index is 2.09. The summed E-state index contributed by atoms with van der Waals surface area (Å²) >= 11 is 3.50. The van der Waals surface area contributed by atoms with Gasteiger partial charge in [0.05, 0.1) is 7.11 Å². The highest BCUT2D eigenvalue weighted by Crippen LogP contribution is 2.22. The number of ether oxygens (including phenoxy) is 1. The highest BCUT2D eigenvalue weighted by atomic mass is 79.9. The Morgan fingerprint density at radius 2 is 1.75 bits per heavy atom. The fourth-order valence-electron chi connectivity index (χ4n) is 2.17. The minimum absolute atomic E-state index is 0.143. The fourth-order valence-corrected chi connectivity index (χ4v) is 2.62. The number of benzene rings is 2. The zero-order valence-corrected chi connectivity index (χ0v) is 12.9. The molecule has 0 bridgehead atoms. The van der Waals surface area contributed by atoms with E-state index in [1.807, 2.05) is 24.3 Å². The number of hydrogen-bond donors (Lipinski definition) is 1. The lowest BCUT2D eigenvalue weighted by atomic mass is 9.99. The van der Waals surface area contributed by atoms with Crippen LogP contribution < -0.4 is 10.5 Å². The van der Waals surface area contributed by atoms with Crippen molar-refractivity contribution in [3.8, 4) is 5.75 Å². The van der Waals surface area contributed by atoms with Gasteiger partial charge < -0.3 is 10.5 Å². The lowest BCUT2D eigenvalue weighted by Crippen LogP contribution is -2.26. The molecule has 2 N–H and O–H groups in total. The van der Waals surface area contributed by atoms with Gasteiger partial charge in [-0.2, -0.15) is 0 Å². The Bertz CT molecular complexity index is 588. The van der Waals surface area contributed by atoms with Crippen molar-refractivity contribution in [2.75, 3.05) is 7.11 Å². The highest BCUT2D eigenvalue weighted by Gasteiger charge is 2.13. The Hall–Kier alpha value is -1.39. The summed E-state index contributed by atoms with van der Waals surface area (Å²) in [5.41, 5.74) is 7.85. The predicted octanol–water partition coefficient (Wildman–Crippen LogP) is 3.71. The van der Waals surface area contributed by atoms with Gasteiger partial charge in [-0.3, -0.25) is 0 Å². The normalized spacial score (nSPS) is 12.2. The van der Waals surface area contributed by atoms with Gasteiger partial charge in [0.25, 0.3) is 0 Å². The lowest BCUT2D eigenvalue weighted by molar-refractivity contribution is 0.383. The molecule has 2 aromatic carbocycles. The highest BCUT2D eigenvalue weighted by molar-refractivity contribution is 9.10. The van der Waals surface area contributed by atoms with Crippen LogP contribution in [0.25, 0.3) is 0 Å². The number of hydrogen-bond acceptors (Lipinski definition) is 2. The molecule has 0 aromatic heterocycles. The zero-order valence-electron chi connectivity index (χ0n) is 11.3. The van der Waals surface area contributed by atoms with Gasteiger partial charge >= 0.3 is 0 Å². The van der Waals surface area contributed by atoms with Gasteiger partial charge in [-0.15, -0.1) is 0 Å². The van der Waals surface area contributed by atoms with Crippen molar-refractivity contribution in [1.29, 1.82) is 0 Å². The second kappa shape index (κ2) is 6.86. The summed E-state index contributed by atoms with van der Waals surface area (Å²) in [5, 5.41) is 0. The van der Waals surface area contributed by atoms with Crippen molar-refractivity contribution in [2.45, 2.75) is 18.9 Å². The van der Waals surface area contributed by atoms with Gasteiger partial charge in [0.15, 0.2) is 11.6 Å². The van der Waals surface area contributed by atoms with Gasteiger partial charge in [-0.1, -0.05) is 46.3 Å². The second-order valence-corrected chi connectivity index (χ2v) is 5.55. The third kappa shape index (κ3) is 3.58. The molecule has 0 amide bonds. The van der Waals surface area contributed by atoms with Crippen molar-refractivity contribution in [3.63, 3.8) is 0 Å². The van der Waals surface area contributed by atoms with Gasteiger partial charge in [0.1, 0.15) is 0 Å². The Labute approximate surface area is 126 Å². The number of methoxy groups -OCH3 is 1. The zero-order chi connectivity index (χ0) is 14.5. The van der Waals surface area contributed by atoms with Crippen molar-refractivity contribution in [3.05, 3.63) is 63.9 Å². The van der Waals surface area contributed by atoms with Crippen LogP contribution in [-0.4, -0.2) is 13.2 Å². The maximum absolute atomic E-state index is 14.1. The lowest BCUT2D eigenvalue weighted by Gasteiger charge is -2.14. The molecule has 0 aliphatic rings. The molecule has 2 rings (SSSR count). The SMILES string of the molecule is COc1cccc(CC(N)Cc2ccccc2Br)c1F. The van der Waals surface area contributed by atoms with Gasteiger partial charge in [0.2, 0.25) is 0 Å². The molecule has 2 nitrogen and oxygen atoms in total. The topological polar surface area (TPSA) is 35.2 Å². The van der Waals surface area contributed by atoms with Crippen LogP contribution in [0.1, 0.15) is 11.1 Å². The van der Waals surface area contributed by atoms with E-state index < -0.39 is 0 Å². The standard InChI is InChI=1S/C16H17BrFNO/c1-20-15-8-4-6-12(16(15)18)10-13(19)9-11-5-2-3-7-14(11)17/h2-8,13H,9-10,19H2,1H3. The number of halogens is 2. The van der Waals surface area contributed by atoms with E-state index in [4.69, 9.17) is 10.5 Å². The molecule has 0 spiro atoms. The number of nitrogens with two attached hydrogens (primary N) is 1. The second-order valence-electron chi connectivity index (χ2n) is 4.69. The van der Waals surface area contributed by atoms with Crippen LogP contribution in [0.2, 0.25) is 0 Å². The predicted molar refractivity (Wildman–Crippen MR) is 82.5 cm³/mol. The molecule has 0 radical (unpaired) electrons. The third-order valence-corrected chi connectivity index (χ3v) is 3.96. The molecule has 2 aromatic rings. The quantitative estimate of drug-likeness (QED) is 0.902. The first-order chi connectivity index (χ1) is 9.61. The minimum atomic E-state index is -0.322. The molecule has 0 aliphatic heterocycles. The summed E-state index contributed by atoms with van der Waals surface area (Å²) < 4.78 is 20.1. The van der Waals surface area contributed by atoms with Crippen LogP contribution in [0.3, 0.4) is 0 Å². The molecule has 106 valence electrons. The maximum Gasteiger partial charge on any atom is 0.168 e. The van der Waals surface area contributed by atoms with Gasteiger partial charge in [-0.25, -0.2) is 4.39 Å². The van der Waals surface area contributed by atoms with E-state index in [2.05, 4.69) is 15.9 Å². The largest absolute Gasteiger partial charge is 0.494 e. The van der Waals surface area contributed by atoms with Crippen LogP contribution in [0.15, 0.2) is 46.9 Å². The molecule has 0 fully saturated rings. The molecule has 1 atom stereocenters. The van der Waals surface area contributed by atoms with Crippen LogP contribution in [-0.2, 0) is 12.8 Å². The first-order valence-corrected chi connectivity index (χ1v) is 7.21. The van der Waals surface area contributed by atoms with Crippen molar-refractivity contribution in [1.82, 2.24) is 0 Å².